The molecule has 19 heavy (non-hydrogen) atoms. The van der Waals surface area contributed by atoms with E-state index in [4.69, 9.17) is 0 Å². The lowest BCUT2D eigenvalue weighted by Gasteiger charge is -2.16. The summed E-state index contributed by atoms with van der Waals surface area (Å²) in [5.74, 6) is 0.419. The Morgan fingerprint density at radius 3 is 2.84 bits per heavy atom. The minimum Gasteiger partial charge on any atom is -0.313 e. The molecule has 1 fully saturated rings. The van der Waals surface area contributed by atoms with Crippen LogP contribution < -0.4 is 5.32 Å². The minimum absolute atomic E-state index is 0.0827. The quantitative estimate of drug-likeness (QED) is 0.914. The zero-order valence-corrected chi connectivity index (χ0v) is 11.2. The van der Waals surface area contributed by atoms with Gasteiger partial charge in [-0.25, -0.2) is 9.07 Å². The minimum atomic E-state index is -0.213. The van der Waals surface area contributed by atoms with Gasteiger partial charge in [-0.15, -0.1) is 0 Å². The molecule has 1 N–H and O–H groups in total. The van der Waals surface area contributed by atoms with Crippen LogP contribution in [0.4, 0.5) is 4.39 Å². The Bertz CT molecular complexity index is 587. The van der Waals surface area contributed by atoms with Crippen molar-refractivity contribution in [2.75, 3.05) is 7.05 Å². The van der Waals surface area contributed by atoms with Gasteiger partial charge in [0.25, 0.3) is 0 Å². The second-order valence-electron chi connectivity index (χ2n) is 5.17. The SMILES string of the molecule is CNC(C)c1cc(F)ccc1-n1ccc(C2CC2)n1. The maximum absolute atomic E-state index is 13.4. The third kappa shape index (κ3) is 2.40. The third-order valence-electron chi connectivity index (χ3n) is 3.74. The van der Waals surface area contributed by atoms with Crippen LogP contribution in [-0.4, -0.2) is 16.8 Å². The Kier molecular flexibility index (Phi) is 3.11. The molecule has 0 bridgehead atoms. The number of aromatic nitrogens is 2. The van der Waals surface area contributed by atoms with E-state index in [9.17, 15) is 4.39 Å². The Morgan fingerprint density at radius 2 is 2.16 bits per heavy atom. The summed E-state index contributed by atoms with van der Waals surface area (Å²) in [6, 6.07) is 7.00. The first-order chi connectivity index (χ1) is 9.19. The lowest BCUT2D eigenvalue weighted by molar-refractivity contribution is 0.604. The van der Waals surface area contributed by atoms with E-state index < -0.39 is 0 Å². The van der Waals surface area contributed by atoms with Crippen LogP contribution in [0.25, 0.3) is 5.69 Å². The second kappa shape index (κ2) is 4.78. The molecule has 3 rings (SSSR count). The summed E-state index contributed by atoms with van der Waals surface area (Å²) in [5, 5.41) is 7.77. The van der Waals surface area contributed by atoms with Crippen molar-refractivity contribution in [3.05, 3.63) is 47.5 Å². The predicted octanol–water partition coefficient (Wildman–Crippen LogP) is 3.17. The number of nitrogens with zero attached hydrogens (tertiary/aromatic N) is 2. The summed E-state index contributed by atoms with van der Waals surface area (Å²) >= 11 is 0. The van der Waals surface area contributed by atoms with Crippen LogP contribution >= 0.6 is 0 Å². The van der Waals surface area contributed by atoms with E-state index in [0.29, 0.717) is 5.92 Å². The molecule has 0 saturated heterocycles. The van der Waals surface area contributed by atoms with Gasteiger partial charge in [-0.1, -0.05) is 0 Å². The highest BCUT2D eigenvalue weighted by molar-refractivity contribution is 5.43. The highest BCUT2D eigenvalue weighted by Gasteiger charge is 2.26. The van der Waals surface area contributed by atoms with Crippen LogP contribution in [0.5, 0.6) is 0 Å². The summed E-state index contributed by atoms with van der Waals surface area (Å²) < 4.78 is 15.3. The zero-order chi connectivity index (χ0) is 13.4. The fourth-order valence-electron chi connectivity index (χ4n) is 2.31. The Morgan fingerprint density at radius 1 is 1.37 bits per heavy atom. The van der Waals surface area contributed by atoms with Crippen LogP contribution in [-0.2, 0) is 0 Å². The first-order valence-electron chi connectivity index (χ1n) is 6.71. The second-order valence-corrected chi connectivity index (χ2v) is 5.17. The number of halogens is 1. The molecule has 1 heterocycles. The van der Waals surface area contributed by atoms with Crippen molar-refractivity contribution in [3.63, 3.8) is 0 Å². The van der Waals surface area contributed by atoms with Crippen molar-refractivity contribution in [2.45, 2.75) is 31.7 Å². The topological polar surface area (TPSA) is 29.9 Å². The molecule has 1 aromatic carbocycles. The standard InChI is InChI=1S/C15H18FN3/c1-10(17-2)13-9-12(16)5-6-15(13)19-8-7-14(18-19)11-3-4-11/h5-11,17H,3-4H2,1-2H3. The number of hydrogen-bond acceptors (Lipinski definition) is 2. The van der Waals surface area contributed by atoms with Gasteiger partial charge in [0.2, 0.25) is 0 Å². The van der Waals surface area contributed by atoms with Crippen molar-refractivity contribution >= 4 is 0 Å². The van der Waals surface area contributed by atoms with Crippen LogP contribution in [0.1, 0.15) is 43.0 Å². The number of nitrogens with one attached hydrogen (secondary N) is 1. The summed E-state index contributed by atoms with van der Waals surface area (Å²) in [4.78, 5) is 0. The average Bonchev–Trinajstić information content (AvgIpc) is 3.16. The lowest BCUT2D eigenvalue weighted by Crippen LogP contribution is -2.15. The molecule has 0 radical (unpaired) electrons. The zero-order valence-electron chi connectivity index (χ0n) is 11.2. The molecule has 4 heteroatoms. The average molecular weight is 259 g/mol. The van der Waals surface area contributed by atoms with Crippen molar-refractivity contribution < 1.29 is 4.39 Å². The monoisotopic (exact) mass is 259 g/mol. The Balaban J connectivity index is 2.02. The molecule has 3 nitrogen and oxygen atoms in total. The molecule has 1 aliphatic rings. The van der Waals surface area contributed by atoms with E-state index in [1.807, 2.05) is 24.9 Å². The predicted molar refractivity (Wildman–Crippen MR) is 73.0 cm³/mol. The fourth-order valence-corrected chi connectivity index (χ4v) is 2.31. The van der Waals surface area contributed by atoms with Gasteiger partial charge >= 0.3 is 0 Å². The number of benzene rings is 1. The van der Waals surface area contributed by atoms with E-state index in [0.717, 1.165) is 16.9 Å². The van der Waals surface area contributed by atoms with Gasteiger partial charge in [-0.2, -0.15) is 5.10 Å². The van der Waals surface area contributed by atoms with Gasteiger partial charge in [0, 0.05) is 18.2 Å². The largest absolute Gasteiger partial charge is 0.313 e. The third-order valence-corrected chi connectivity index (χ3v) is 3.74. The molecule has 1 atom stereocenters. The molecule has 1 aromatic heterocycles. The molecule has 2 aromatic rings. The molecule has 0 amide bonds. The van der Waals surface area contributed by atoms with Gasteiger partial charge in [-0.05, 0) is 56.6 Å². The van der Waals surface area contributed by atoms with Crippen LogP contribution in [0, 0.1) is 5.82 Å². The first kappa shape index (κ1) is 12.4. The molecule has 1 unspecified atom stereocenters. The number of hydrogen-bond donors (Lipinski definition) is 1. The summed E-state index contributed by atoms with van der Waals surface area (Å²) in [5.41, 5.74) is 3.01. The van der Waals surface area contributed by atoms with Gasteiger partial charge in [-0.3, -0.25) is 0 Å². The van der Waals surface area contributed by atoms with Gasteiger partial charge < -0.3 is 5.32 Å². The maximum Gasteiger partial charge on any atom is 0.123 e. The van der Waals surface area contributed by atoms with E-state index in [-0.39, 0.29) is 11.9 Å². The highest BCUT2D eigenvalue weighted by atomic mass is 19.1. The fraction of sp³-hybridized carbons (Fsp3) is 0.400. The first-order valence-corrected chi connectivity index (χ1v) is 6.71. The normalized spacial score (nSPS) is 16.6. The summed E-state index contributed by atoms with van der Waals surface area (Å²) in [6.07, 6.45) is 4.44. The van der Waals surface area contributed by atoms with E-state index >= 15 is 0 Å². The molecular weight excluding hydrogens is 241 g/mol. The van der Waals surface area contributed by atoms with Gasteiger partial charge in [0.1, 0.15) is 5.82 Å². The Hall–Kier alpha value is -1.68. The molecule has 1 aliphatic carbocycles. The Labute approximate surface area is 112 Å². The molecule has 1 saturated carbocycles. The maximum atomic E-state index is 13.4. The van der Waals surface area contributed by atoms with Crippen LogP contribution in [0.15, 0.2) is 30.5 Å². The molecule has 100 valence electrons. The highest BCUT2D eigenvalue weighted by Crippen LogP contribution is 2.39. The van der Waals surface area contributed by atoms with Crippen molar-refractivity contribution in [1.82, 2.24) is 15.1 Å². The summed E-state index contributed by atoms with van der Waals surface area (Å²) in [6.45, 7) is 2.02. The van der Waals surface area contributed by atoms with E-state index in [2.05, 4.69) is 16.5 Å². The molecular formula is C15H18FN3. The smallest absolute Gasteiger partial charge is 0.123 e. The van der Waals surface area contributed by atoms with Crippen LogP contribution in [0.3, 0.4) is 0 Å². The van der Waals surface area contributed by atoms with Crippen LogP contribution in [0.2, 0.25) is 0 Å². The molecule has 0 spiro atoms. The van der Waals surface area contributed by atoms with Gasteiger partial charge in [0.15, 0.2) is 0 Å². The van der Waals surface area contributed by atoms with Gasteiger partial charge in [0.05, 0.1) is 11.4 Å². The van der Waals surface area contributed by atoms with Crippen molar-refractivity contribution in [1.29, 1.82) is 0 Å². The molecule has 0 aliphatic heterocycles. The van der Waals surface area contributed by atoms with Crippen molar-refractivity contribution in [3.8, 4) is 5.69 Å². The van der Waals surface area contributed by atoms with E-state index in [1.165, 1.54) is 18.9 Å². The van der Waals surface area contributed by atoms with E-state index in [1.54, 1.807) is 12.1 Å². The number of rotatable bonds is 4. The summed E-state index contributed by atoms with van der Waals surface area (Å²) in [7, 11) is 1.87. The van der Waals surface area contributed by atoms with Crippen molar-refractivity contribution in [2.24, 2.45) is 0 Å². The lowest BCUT2D eigenvalue weighted by atomic mass is 10.1.